The molecule has 0 radical (unpaired) electrons. The second-order valence-corrected chi connectivity index (χ2v) is 34.3. The number of fused-ring (bicyclic) bond motifs is 14. The number of para-hydroxylation sites is 5. The highest BCUT2D eigenvalue weighted by atomic mass is 16.3. The lowest BCUT2D eigenvalue weighted by Crippen LogP contribution is -2.01. The zero-order valence-electron chi connectivity index (χ0n) is 73.6. The van der Waals surface area contributed by atoms with Crippen LogP contribution in [0.5, 0.6) is 0 Å². The first kappa shape index (κ1) is 79.8. The van der Waals surface area contributed by atoms with Crippen LogP contribution in [0, 0.1) is 0 Å². The maximum absolute atomic E-state index is 7.07. The predicted molar refractivity (Wildman–Crippen MR) is 559 cm³/mol. The van der Waals surface area contributed by atoms with Crippen molar-refractivity contribution in [2.75, 3.05) is 0 Å². The van der Waals surface area contributed by atoms with Gasteiger partial charge in [0.25, 0.3) is 0 Å². The molecule has 0 N–H and O–H groups in total. The molecule has 0 aliphatic rings. The number of hydrogen-bond donors (Lipinski definition) is 0. The lowest BCUT2D eigenvalue weighted by atomic mass is 9.90. The van der Waals surface area contributed by atoms with Gasteiger partial charge in [-0.2, -0.15) is 0 Å². The molecule has 20 aromatic carbocycles. The van der Waals surface area contributed by atoms with E-state index in [1.54, 1.807) is 0 Å². The summed E-state index contributed by atoms with van der Waals surface area (Å²) in [6.45, 7) is 0. The van der Waals surface area contributed by atoms with Crippen molar-refractivity contribution >= 4 is 87.5 Å². The van der Waals surface area contributed by atoms with E-state index in [0.717, 1.165) is 200 Å². The van der Waals surface area contributed by atoms with Gasteiger partial charge in [-0.15, -0.1) is 0 Å². The Morgan fingerprint density at radius 1 is 0.147 bits per heavy atom. The topological polar surface area (TPSA) is 113 Å². The van der Waals surface area contributed by atoms with E-state index in [0.29, 0.717) is 34.9 Å². The fourth-order valence-corrected chi connectivity index (χ4v) is 19.7. The first-order valence-electron chi connectivity index (χ1n) is 45.8. The molecule has 0 saturated carbocycles. The molecule has 636 valence electrons. The maximum Gasteiger partial charge on any atom is 0.164 e. The number of benzene rings is 20. The summed E-state index contributed by atoms with van der Waals surface area (Å²) in [7, 11) is 0. The van der Waals surface area contributed by atoms with E-state index in [4.69, 9.17) is 38.7 Å². The molecule has 6 heterocycles. The van der Waals surface area contributed by atoms with Crippen LogP contribution in [0.4, 0.5) is 0 Å². The minimum Gasteiger partial charge on any atom is -0.456 e. The standard InChI is InChI=1S/2C63H40N4O/c1-6-19-41(20-7-1)46-37-47(42-21-8-2-9-22-42)39-48(38-46)45-33-34-50(54(40-45)63-65-61(43-23-10-3-11-24-43)64-62(66-63)44-25-12-4-13-26-44)51-30-18-31-53-59-57(68-60(51)53)36-35-56-58(59)52-29-16-17-32-55(52)67(56)49-27-14-5-15-28-49;1-6-18-41(19-7-1)47-36-48(42-20-8-2-9-21-42)38-49(37-47)45-30-32-51(54(39-45)63-65-61(43-22-10-3-11-23-43)64-62(66-63)44-24-12-4-13-25-44)46-31-33-53-58(40-46)68-57-35-34-56-59(60(53)57)52-28-16-17-29-55(52)67(56)50-26-14-5-15-27-50/h2*1-40H. The molecule has 26 rings (SSSR count). The van der Waals surface area contributed by atoms with Crippen LogP contribution in [0.3, 0.4) is 0 Å². The Labute approximate surface area is 784 Å². The van der Waals surface area contributed by atoms with Crippen LogP contribution in [0.15, 0.2) is 494 Å². The van der Waals surface area contributed by atoms with E-state index in [1.165, 1.54) is 21.5 Å². The molecule has 6 aromatic heterocycles. The van der Waals surface area contributed by atoms with Gasteiger partial charge in [-0.1, -0.05) is 364 Å². The van der Waals surface area contributed by atoms with Crippen molar-refractivity contribution in [3.8, 4) is 169 Å². The summed E-state index contributed by atoms with van der Waals surface area (Å²) >= 11 is 0. The van der Waals surface area contributed by atoms with Crippen molar-refractivity contribution in [2.24, 2.45) is 0 Å². The molecule has 0 bridgehead atoms. The second-order valence-electron chi connectivity index (χ2n) is 34.3. The van der Waals surface area contributed by atoms with E-state index in [-0.39, 0.29) is 0 Å². The van der Waals surface area contributed by atoms with Gasteiger partial charge in [0, 0.05) is 93.4 Å². The zero-order chi connectivity index (χ0) is 89.9. The van der Waals surface area contributed by atoms with Crippen molar-refractivity contribution < 1.29 is 8.83 Å². The summed E-state index contributed by atoms with van der Waals surface area (Å²) in [5.74, 6) is 3.56. The Morgan fingerprint density at radius 2 is 0.456 bits per heavy atom. The molecule has 0 saturated heterocycles. The maximum atomic E-state index is 7.07. The summed E-state index contributed by atoms with van der Waals surface area (Å²) in [5, 5.41) is 9.01. The van der Waals surface area contributed by atoms with Gasteiger partial charge in [-0.25, -0.2) is 29.9 Å². The Hall–Kier alpha value is -18.4. The number of rotatable bonds is 16. The van der Waals surface area contributed by atoms with Crippen LogP contribution in [0.2, 0.25) is 0 Å². The molecule has 0 unspecified atom stereocenters. The van der Waals surface area contributed by atoms with Crippen molar-refractivity contribution in [1.29, 1.82) is 0 Å². The predicted octanol–water partition coefficient (Wildman–Crippen LogP) is 33.1. The van der Waals surface area contributed by atoms with Gasteiger partial charge in [0.1, 0.15) is 22.3 Å². The highest BCUT2D eigenvalue weighted by Crippen LogP contribution is 2.49. The molecule has 0 spiro atoms. The van der Waals surface area contributed by atoms with Gasteiger partial charge in [-0.05, 0) is 205 Å². The van der Waals surface area contributed by atoms with E-state index in [1.807, 2.05) is 72.8 Å². The number of hydrogen-bond acceptors (Lipinski definition) is 8. The third kappa shape index (κ3) is 14.6. The van der Waals surface area contributed by atoms with E-state index in [2.05, 4.69) is 422 Å². The smallest absolute Gasteiger partial charge is 0.164 e. The van der Waals surface area contributed by atoms with E-state index < -0.39 is 0 Å². The SMILES string of the molecule is c1ccc(-c2cc(-c3ccccc3)cc(-c3ccc(-c4ccc5c(c4)oc4ccc6c(c7ccccc7n6-c6ccccc6)c45)c(-c4nc(-c5ccccc5)nc(-c5ccccc5)n4)c3)c2)cc1.c1ccc(-c2cc(-c3ccccc3)cc(-c3ccc(-c4cccc5c4oc4ccc6c(c7ccccc7n6-c6ccccc6)c45)c(-c4nc(-c5ccccc5)nc(-c5ccccc5)n4)c3)c2)cc1. The van der Waals surface area contributed by atoms with Gasteiger partial charge in [0.15, 0.2) is 34.9 Å². The van der Waals surface area contributed by atoms with Gasteiger partial charge < -0.3 is 18.0 Å². The molecule has 0 aliphatic carbocycles. The summed E-state index contributed by atoms with van der Waals surface area (Å²) in [6, 6.07) is 170. The Morgan fingerprint density at radius 3 is 0.853 bits per heavy atom. The van der Waals surface area contributed by atoms with Crippen molar-refractivity contribution in [3.63, 3.8) is 0 Å². The number of furan rings is 2. The molecule has 136 heavy (non-hydrogen) atoms. The van der Waals surface area contributed by atoms with E-state index >= 15 is 0 Å². The molecule has 10 nitrogen and oxygen atoms in total. The largest absolute Gasteiger partial charge is 0.456 e. The summed E-state index contributed by atoms with van der Waals surface area (Å²) < 4.78 is 18.6. The van der Waals surface area contributed by atoms with Gasteiger partial charge >= 0.3 is 0 Å². The lowest BCUT2D eigenvalue weighted by Gasteiger charge is -2.16. The van der Waals surface area contributed by atoms with Gasteiger partial charge in [0.2, 0.25) is 0 Å². The van der Waals surface area contributed by atoms with Crippen LogP contribution in [-0.4, -0.2) is 39.0 Å². The minimum atomic E-state index is 0.568. The van der Waals surface area contributed by atoms with Crippen LogP contribution < -0.4 is 0 Å². The van der Waals surface area contributed by atoms with Gasteiger partial charge in [0.05, 0.1) is 22.1 Å². The average Bonchev–Trinajstić information content (AvgIpc) is 1.56. The first-order chi connectivity index (χ1) is 67.4. The summed E-state index contributed by atoms with van der Waals surface area (Å²) in [4.78, 5) is 31.4. The zero-order valence-corrected chi connectivity index (χ0v) is 73.6. The fourth-order valence-electron chi connectivity index (χ4n) is 19.7. The highest BCUT2D eigenvalue weighted by molar-refractivity contribution is 6.30. The molecule has 0 amide bonds. The first-order valence-corrected chi connectivity index (χ1v) is 45.8. The average molecular weight is 1740 g/mol. The second kappa shape index (κ2) is 34.2. The molecule has 0 atom stereocenters. The monoisotopic (exact) mass is 1740 g/mol. The Balaban J connectivity index is 0.000000145. The quantitative estimate of drug-likeness (QED) is 0.0940. The highest BCUT2D eigenvalue weighted by Gasteiger charge is 2.27. The minimum absolute atomic E-state index is 0.568. The molecule has 0 aliphatic heterocycles. The summed E-state index contributed by atoms with van der Waals surface area (Å²) in [5.41, 5.74) is 32.8. The van der Waals surface area contributed by atoms with Crippen LogP contribution in [0.25, 0.3) is 256 Å². The molecule has 0 fully saturated rings. The molecular weight excluding hydrogens is 1660 g/mol. The third-order valence-corrected chi connectivity index (χ3v) is 26.1. The van der Waals surface area contributed by atoms with Crippen molar-refractivity contribution in [2.45, 2.75) is 0 Å². The van der Waals surface area contributed by atoms with Crippen LogP contribution >= 0.6 is 0 Å². The number of nitrogens with zero attached hydrogens (tertiary/aromatic N) is 8. The molecular formula is C126H80N8O2. The van der Waals surface area contributed by atoms with Crippen molar-refractivity contribution in [1.82, 2.24) is 39.0 Å². The normalized spacial score (nSPS) is 11.5. The Bertz CT molecular complexity index is 8810. The molecule has 10 heteroatoms. The Kier molecular flexibility index (Phi) is 20.0. The number of aromatic nitrogens is 8. The van der Waals surface area contributed by atoms with Gasteiger partial charge in [-0.3, -0.25) is 0 Å². The lowest BCUT2D eigenvalue weighted by molar-refractivity contribution is 0.669. The molecule has 26 aromatic rings. The van der Waals surface area contributed by atoms with Crippen LogP contribution in [-0.2, 0) is 0 Å². The summed E-state index contributed by atoms with van der Waals surface area (Å²) in [6.07, 6.45) is 0. The fraction of sp³-hybridized carbons (Fsp3) is 0. The van der Waals surface area contributed by atoms with Crippen molar-refractivity contribution in [3.05, 3.63) is 485 Å². The third-order valence-electron chi connectivity index (χ3n) is 26.1. The van der Waals surface area contributed by atoms with Crippen LogP contribution in [0.1, 0.15) is 0 Å². The van der Waals surface area contributed by atoms with E-state index in [9.17, 15) is 0 Å².